The first-order chi connectivity index (χ1) is 4.54. The van der Waals surface area contributed by atoms with Crippen molar-refractivity contribution in [3.05, 3.63) is 12.3 Å². The van der Waals surface area contributed by atoms with Crippen molar-refractivity contribution in [3.8, 4) is 0 Å². The summed E-state index contributed by atoms with van der Waals surface area (Å²) in [5.41, 5.74) is 5.20. The van der Waals surface area contributed by atoms with Crippen LogP contribution < -0.4 is 10.8 Å². The minimum Gasteiger partial charge on any atom is -0.496 e. The number of rotatable bonds is 0. The molecule has 0 fully saturated rings. The van der Waals surface area contributed by atoms with Crippen molar-refractivity contribution in [1.82, 2.24) is 0 Å². The molecule has 0 saturated heterocycles. The van der Waals surface area contributed by atoms with Crippen molar-refractivity contribution in [2.75, 3.05) is 7.05 Å². The molecule has 0 saturated carbocycles. The number of nitrogens with two attached hydrogens (primary N) is 1. The molecule has 5 heteroatoms. The number of quaternary nitrogens is 1. The summed E-state index contributed by atoms with van der Waals surface area (Å²) >= 11 is 0. The molecule has 2 N–H and O–H groups in total. The molecule has 0 aliphatic carbocycles. The van der Waals surface area contributed by atoms with Crippen LogP contribution in [0, 0.1) is 0 Å². The molecule has 0 aromatic heterocycles. The molecule has 1 atom stereocenters. The van der Waals surface area contributed by atoms with E-state index in [1.165, 1.54) is 19.3 Å². The van der Waals surface area contributed by atoms with Crippen molar-refractivity contribution in [1.29, 1.82) is 0 Å². The van der Waals surface area contributed by atoms with Crippen LogP contribution in [0.25, 0.3) is 0 Å². The van der Waals surface area contributed by atoms with Crippen LogP contribution in [0.3, 0.4) is 0 Å². The number of hydrogen-bond acceptors (Lipinski definition) is 4. The Labute approximate surface area is 57.6 Å². The van der Waals surface area contributed by atoms with Crippen LogP contribution >= 0.6 is 0 Å². The third kappa shape index (κ3) is 0.863. The van der Waals surface area contributed by atoms with Gasteiger partial charge in [-0.3, -0.25) is 0 Å². The summed E-state index contributed by atoms with van der Waals surface area (Å²) in [6.45, 7) is 0. The zero-order valence-corrected chi connectivity index (χ0v) is 5.44. The van der Waals surface area contributed by atoms with Crippen molar-refractivity contribution in [2.24, 2.45) is 10.8 Å². The average Bonchev–Trinajstić information content (AvgIpc) is 2.13. The first-order valence-electron chi connectivity index (χ1n) is 2.67. The van der Waals surface area contributed by atoms with E-state index in [0.29, 0.717) is 0 Å². The van der Waals surface area contributed by atoms with E-state index in [-0.39, 0.29) is 5.84 Å². The van der Waals surface area contributed by atoms with Crippen LogP contribution in [-0.4, -0.2) is 23.6 Å². The zero-order chi connectivity index (χ0) is 7.78. The van der Waals surface area contributed by atoms with E-state index in [1.807, 2.05) is 0 Å². The summed E-state index contributed by atoms with van der Waals surface area (Å²) in [5, 5.41) is 13.9. The highest BCUT2D eigenvalue weighted by Crippen LogP contribution is 2.09. The zero-order valence-electron chi connectivity index (χ0n) is 5.44. The Morgan fingerprint density at radius 3 is 2.70 bits per heavy atom. The number of amidine groups is 1. The molecule has 0 aromatic rings. The third-order valence-corrected chi connectivity index (χ3v) is 1.23. The molecule has 0 aromatic carbocycles. The predicted molar refractivity (Wildman–Crippen MR) is 32.3 cm³/mol. The fourth-order valence-electron chi connectivity index (χ4n) is 0.630. The van der Waals surface area contributed by atoms with Crippen LogP contribution in [-0.2, 0) is 0 Å². The molecule has 1 amide bonds. The number of hydrogen-bond donors (Lipinski definition) is 1. The fraction of sp³-hybridized carbons (Fsp3) is 0.200. The standard InChI is InChI=1S/C5H7N3O2/c1-8(5(9)10)3-2-4(6)7-8/h2-3H,1H3,(H2-,6,7,9,10)/t8-/m0/s1. The van der Waals surface area contributed by atoms with E-state index in [4.69, 9.17) is 5.73 Å². The van der Waals surface area contributed by atoms with E-state index in [1.54, 1.807) is 0 Å². The van der Waals surface area contributed by atoms with Crippen LogP contribution in [0.5, 0.6) is 0 Å². The molecule has 10 heavy (non-hydrogen) atoms. The van der Waals surface area contributed by atoms with Crippen LogP contribution in [0.2, 0.25) is 0 Å². The molecular formula is C5H7N3O2. The van der Waals surface area contributed by atoms with Crippen LogP contribution in [0.4, 0.5) is 4.79 Å². The van der Waals surface area contributed by atoms with Gasteiger partial charge < -0.3 is 15.6 Å². The van der Waals surface area contributed by atoms with Gasteiger partial charge in [0.1, 0.15) is 13.2 Å². The Morgan fingerprint density at radius 1 is 1.90 bits per heavy atom. The molecule has 0 spiro atoms. The molecule has 0 bridgehead atoms. The summed E-state index contributed by atoms with van der Waals surface area (Å²) < 4.78 is -0.619. The Morgan fingerprint density at radius 2 is 2.50 bits per heavy atom. The van der Waals surface area contributed by atoms with E-state index >= 15 is 0 Å². The maximum Gasteiger partial charge on any atom is 0.290 e. The van der Waals surface area contributed by atoms with Gasteiger partial charge in [-0.15, -0.1) is 4.59 Å². The van der Waals surface area contributed by atoms with Gasteiger partial charge in [-0.1, -0.05) is 5.10 Å². The van der Waals surface area contributed by atoms with Crippen molar-refractivity contribution in [3.63, 3.8) is 0 Å². The average molecular weight is 141 g/mol. The molecule has 1 rings (SSSR count). The van der Waals surface area contributed by atoms with Crippen molar-refractivity contribution < 1.29 is 14.5 Å². The Bertz CT molecular complexity index is 233. The van der Waals surface area contributed by atoms with Gasteiger partial charge in [0.2, 0.25) is 0 Å². The van der Waals surface area contributed by atoms with Crippen LogP contribution in [0.15, 0.2) is 17.4 Å². The molecule has 0 unspecified atom stereocenters. The highest BCUT2D eigenvalue weighted by Gasteiger charge is 2.25. The van der Waals surface area contributed by atoms with Gasteiger partial charge in [0.05, 0.1) is 0 Å². The topological polar surface area (TPSA) is 78.5 Å². The van der Waals surface area contributed by atoms with E-state index < -0.39 is 10.7 Å². The largest absolute Gasteiger partial charge is 0.496 e. The quantitative estimate of drug-likeness (QED) is 0.420. The number of amides is 1. The molecule has 1 aliphatic rings. The fourth-order valence-corrected chi connectivity index (χ4v) is 0.630. The summed E-state index contributed by atoms with van der Waals surface area (Å²) in [5.74, 6) is 0.201. The lowest BCUT2D eigenvalue weighted by Crippen LogP contribution is -2.47. The first-order valence-corrected chi connectivity index (χ1v) is 2.67. The molecule has 1 aliphatic heterocycles. The van der Waals surface area contributed by atoms with Crippen LogP contribution in [0.1, 0.15) is 0 Å². The Hall–Kier alpha value is -1.36. The molecule has 5 nitrogen and oxygen atoms in total. The SMILES string of the molecule is C[N@@+]1(C(=O)[O-])C=CC(N)=N1. The summed E-state index contributed by atoms with van der Waals surface area (Å²) in [6, 6.07) is 0. The lowest BCUT2D eigenvalue weighted by Gasteiger charge is -2.18. The number of nitrogens with zero attached hydrogens (tertiary/aromatic N) is 2. The second kappa shape index (κ2) is 1.81. The van der Waals surface area contributed by atoms with Gasteiger partial charge in [-0.05, 0) is 0 Å². The van der Waals surface area contributed by atoms with Gasteiger partial charge in [-0.25, -0.2) is 0 Å². The van der Waals surface area contributed by atoms with E-state index in [2.05, 4.69) is 5.10 Å². The monoisotopic (exact) mass is 141 g/mol. The van der Waals surface area contributed by atoms with E-state index in [9.17, 15) is 9.90 Å². The van der Waals surface area contributed by atoms with Gasteiger partial charge in [-0.2, -0.15) is 0 Å². The van der Waals surface area contributed by atoms with Crippen molar-refractivity contribution in [2.45, 2.75) is 0 Å². The lowest BCUT2D eigenvalue weighted by molar-refractivity contribution is -0.811. The second-order valence-corrected chi connectivity index (χ2v) is 2.13. The van der Waals surface area contributed by atoms with Gasteiger partial charge in [0, 0.05) is 6.08 Å². The minimum absolute atomic E-state index is 0.201. The molecule has 0 radical (unpaired) electrons. The summed E-state index contributed by atoms with van der Waals surface area (Å²) in [7, 11) is 1.37. The predicted octanol–water partition coefficient (Wildman–Crippen LogP) is -1.42. The molecule has 54 valence electrons. The van der Waals surface area contributed by atoms with Crippen molar-refractivity contribution >= 4 is 11.9 Å². The highest BCUT2D eigenvalue weighted by atomic mass is 16.4. The Kier molecular flexibility index (Phi) is 1.22. The lowest BCUT2D eigenvalue weighted by atomic mass is 10.6. The van der Waals surface area contributed by atoms with E-state index in [0.717, 1.165) is 0 Å². The molecule has 1 heterocycles. The maximum absolute atomic E-state index is 10.3. The number of carbonyl (C=O) groups excluding carboxylic acids is 1. The normalized spacial score (nSPS) is 30.3. The molecular weight excluding hydrogens is 134 g/mol. The third-order valence-electron chi connectivity index (χ3n) is 1.23. The first kappa shape index (κ1) is 6.76. The number of carboxylic acid groups (broad SMARTS) is 1. The van der Waals surface area contributed by atoms with Gasteiger partial charge >= 0.3 is 0 Å². The second-order valence-electron chi connectivity index (χ2n) is 2.13. The smallest absolute Gasteiger partial charge is 0.290 e. The maximum atomic E-state index is 10.3. The highest BCUT2D eigenvalue weighted by molar-refractivity contribution is 5.92. The van der Waals surface area contributed by atoms with Gasteiger partial charge in [0.15, 0.2) is 5.84 Å². The Balaban J connectivity index is 2.95. The van der Waals surface area contributed by atoms with Gasteiger partial charge in [0.25, 0.3) is 6.09 Å². The minimum atomic E-state index is -1.29. The summed E-state index contributed by atoms with van der Waals surface area (Å²) in [6.07, 6.45) is 1.47. The summed E-state index contributed by atoms with van der Waals surface area (Å²) in [4.78, 5) is 10.3. The number of carbonyl (C=O) groups is 1.